The molecule has 0 aliphatic rings. The standard InChI is InChI=1S/C48H32N2O/c1-3-14-33(15-4-1)34-16-11-20-37(30-34)49(39-28-29-43-42-23-8-10-27-46(42)51-47(43)32-39)38-21-12-17-35(31-38)40-24-13-25-44-41-22-7-9-26-45(41)50(48(40)44)36-18-5-2-6-19-36/h1-32H. The highest BCUT2D eigenvalue weighted by molar-refractivity contribution is 6.14. The number of para-hydroxylation sites is 4. The van der Waals surface area contributed by atoms with Gasteiger partial charge in [0.25, 0.3) is 0 Å². The average Bonchev–Trinajstić information content (AvgIpc) is 3.74. The van der Waals surface area contributed by atoms with Crippen LogP contribution in [0.3, 0.4) is 0 Å². The smallest absolute Gasteiger partial charge is 0.137 e. The van der Waals surface area contributed by atoms with Crippen molar-refractivity contribution in [2.24, 2.45) is 0 Å². The number of rotatable bonds is 6. The minimum absolute atomic E-state index is 0.867. The molecule has 0 amide bonds. The predicted molar refractivity (Wildman–Crippen MR) is 214 cm³/mol. The highest BCUT2D eigenvalue weighted by atomic mass is 16.3. The maximum Gasteiger partial charge on any atom is 0.137 e. The molecule has 0 saturated heterocycles. The zero-order valence-electron chi connectivity index (χ0n) is 27.8. The number of anilines is 3. The lowest BCUT2D eigenvalue weighted by Gasteiger charge is -2.26. The van der Waals surface area contributed by atoms with Crippen LogP contribution in [0.1, 0.15) is 0 Å². The monoisotopic (exact) mass is 652 g/mol. The first-order valence-corrected chi connectivity index (χ1v) is 17.4. The van der Waals surface area contributed by atoms with Crippen LogP contribution in [-0.2, 0) is 0 Å². The Morgan fingerprint density at radius 1 is 0.373 bits per heavy atom. The quantitative estimate of drug-likeness (QED) is 0.178. The van der Waals surface area contributed by atoms with Gasteiger partial charge in [0, 0.05) is 55.9 Å². The van der Waals surface area contributed by atoms with E-state index >= 15 is 0 Å². The van der Waals surface area contributed by atoms with Crippen LogP contribution in [0.25, 0.3) is 71.7 Å². The highest BCUT2D eigenvalue weighted by Gasteiger charge is 2.19. The molecule has 0 aliphatic carbocycles. The summed E-state index contributed by atoms with van der Waals surface area (Å²) in [5.74, 6) is 0. The van der Waals surface area contributed by atoms with Crippen molar-refractivity contribution in [1.82, 2.24) is 4.57 Å². The van der Waals surface area contributed by atoms with E-state index < -0.39 is 0 Å². The fourth-order valence-corrected chi connectivity index (χ4v) is 7.67. The summed E-state index contributed by atoms with van der Waals surface area (Å²) >= 11 is 0. The number of benzene rings is 8. The Hall–Kier alpha value is -6.84. The first kappa shape index (κ1) is 29.1. The Morgan fingerprint density at radius 3 is 1.78 bits per heavy atom. The van der Waals surface area contributed by atoms with Gasteiger partial charge in [-0.25, -0.2) is 0 Å². The lowest BCUT2D eigenvalue weighted by molar-refractivity contribution is 0.669. The molecule has 0 bridgehead atoms. The molecule has 0 spiro atoms. The zero-order chi connectivity index (χ0) is 33.7. The Labute approximate surface area is 295 Å². The summed E-state index contributed by atoms with van der Waals surface area (Å²) in [7, 11) is 0. The van der Waals surface area contributed by atoms with E-state index in [0.717, 1.165) is 55.8 Å². The molecule has 51 heavy (non-hydrogen) atoms. The van der Waals surface area contributed by atoms with Gasteiger partial charge in [-0.1, -0.05) is 127 Å². The maximum absolute atomic E-state index is 6.40. The van der Waals surface area contributed by atoms with Crippen molar-refractivity contribution in [2.45, 2.75) is 0 Å². The average molecular weight is 653 g/mol. The van der Waals surface area contributed by atoms with E-state index in [2.05, 4.69) is 191 Å². The SMILES string of the molecule is c1ccc(-c2cccc(N(c3cccc(-c4cccc5c6ccccc6n(-c6ccccc6)c45)c3)c3ccc4c(c3)oc3ccccc34)c2)cc1. The summed E-state index contributed by atoms with van der Waals surface area (Å²) < 4.78 is 8.81. The Kier molecular flexibility index (Phi) is 6.81. The van der Waals surface area contributed by atoms with Gasteiger partial charge in [0.15, 0.2) is 0 Å². The Morgan fingerprint density at radius 2 is 0.961 bits per heavy atom. The number of fused-ring (bicyclic) bond motifs is 6. The second kappa shape index (κ2) is 11.9. The number of aromatic nitrogens is 1. The van der Waals surface area contributed by atoms with E-state index in [9.17, 15) is 0 Å². The van der Waals surface area contributed by atoms with Crippen LogP contribution in [0.5, 0.6) is 0 Å². The topological polar surface area (TPSA) is 21.3 Å². The molecule has 0 fully saturated rings. The van der Waals surface area contributed by atoms with E-state index in [1.54, 1.807) is 0 Å². The molecule has 0 aliphatic heterocycles. The molecule has 0 saturated carbocycles. The number of hydrogen-bond donors (Lipinski definition) is 0. The summed E-state index contributed by atoms with van der Waals surface area (Å²) in [6.45, 7) is 0. The van der Waals surface area contributed by atoms with Gasteiger partial charge in [-0.05, 0) is 77.4 Å². The predicted octanol–water partition coefficient (Wildman–Crippen LogP) is 13.5. The molecular formula is C48H32N2O. The van der Waals surface area contributed by atoms with Gasteiger partial charge < -0.3 is 13.9 Å². The lowest BCUT2D eigenvalue weighted by Crippen LogP contribution is -2.10. The van der Waals surface area contributed by atoms with Crippen molar-refractivity contribution in [2.75, 3.05) is 4.90 Å². The third-order valence-corrected chi connectivity index (χ3v) is 9.96. The van der Waals surface area contributed by atoms with Crippen LogP contribution in [0.15, 0.2) is 199 Å². The summed E-state index contributed by atoms with van der Waals surface area (Å²) in [4.78, 5) is 2.34. The third kappa shape index (κ3) is 4.90. The van der Waals surface area contributed by atoms with Gasteiger partial charge >= 0.3 is 0 Å². The van der Waals surface area contributed by atoms with Crippen molar-refractivity contribution in [3.8, 4) is 27.9 Å². The minimum atomic E-state index is 0.867. The molecule has 2 heterocycles. The van der Waals surface area contributed by atoms with Crippen molar-refractivity contribution >= 4 is 60.8 Å². The fraction of sp³-hybridized carbons (Fsp3) is 0. The van der Waals surface area contributed by atoms with Gasteiger partial charge in [0.2, 0.25) is 0 Å². The zero-order valence-corrected chi connectivity index (χ0v) is 27.8. The van der Waals surface area contributed by atoms with Crippen LogP contribution in [0, 0.1) is 0 Å². The lowest BCUT2D eigenvalue weighted by atomic mass is 10.00. The molecule has 10 rings (SSSR count). The van der Waals surface area contributed by atoms with E-state index in [4.69, 9.17) is 4.42 Å². The molecule has 0 radical (unpaired) electrons. The highest BCUT2D eigenvalue weighted by Crippen LogP contribution is 2.43. The van der Waals surface area contributed by atoms with Crippen LogP contribution in [-0.4, -0.2) is 4.57 Å². The van der Waals surface area contributed by atoms with Crippen molar-refractivity contribution < 1.29 is 4.42 Å². The van der Waals surface area contributed by atoms with Crippen LogP contribution in [0.4, 0.5) is 17.1 Å². The normalized spacial score (nSPS) is 11.5. The van der Waals surface area contributed by atoms with E-state index in [1.165, 1.54) is 32.9 Å². The van der Waals surface area contributed by atoms with Crippen molar-refractivity contribution in [3.63, 3.8) is 0 Å². The van der Waals surface area contributed by atoms with Crippen molar-refractivity contribution in [1.29, 1.82) is 0 Å². The Balaban J connectivity index is 1.19. The van der Waals surface area contributed by atoms with Gasteiger partial charge in [-0.3, -0.25) is 0 Å². The molecule has 0 unspecified atom stereocenters. The molecule has 240 valence electrons. The molecule has 8 aromatic carbocycles. The third-order valence-electron chi connectivity index (χ3n) is 9.96. The van der Waals surface area contributed by atoms with Crippen molar-refractivity contribution in [3.05, 3.63) is 194 Å². The van der Waals surface area contributed by atoms with E-state index in [-0.39, 0.29) is 0 Å². The van der Waals surface area contributed by atoms with Gasteiger partial charge in [-0.15, -0.1) is 0 Å². The summed E-state index contributed by atoms with van der Waals surface area (Å²) in [5.41, 5.74) is 13.1. The Bertz CT molecular complexity index is 2860. The molecular weight excluding hydrogens is 621 g/mol. The molecule has 10 aromatic rings. The number of hydrogen-bond acceptors (Lipinski definition) is 2. The first-order valence-electron chi connectivity index (χ1n) is 17.4. The van der Waals surface area contributed by atoms with Crippen LogP contribution < -0.4 is 4.90 Å². The maximum atomic E-state index is 6.40. The molecule has 3 heteroatoms. The van der Waals surface area contributed by atoms with Gasteiger partial charge in [-0.2, -0.15) is 0 Å². The molecule has 3 nitrogen and oxygen atoms in total. The fourth-order valence-electron chi connectivity index (χ4n) is 7.67. The second-order valence-electron chi connectivity index (χ2n) is 13.0. The number of furan rings is 1. The van der Waals surface area contributed by atoms with Gasteiger partial charge in [0.05, 0.1) is 11.0 Å². The van der Waals surface area contributed by atoms with Crippen LogP contribution >= 0.6 is 0 Å². The molecule has 0 N–H and O–H groups in total. The van der Waals surface area contributed by atoms with Crippen LogP contribution in [0.2, 0.25) is 0 Å². The van der Waals surface area contributed by atoms with E-state index in [1.807, 2.05) is 12.1 Å². The van der Waals surface area contributed by atoms with Gasteiger partial charge in [0.1, 0.15) is 11.2 Å². The first-order chi connectivity index (χ1) is 25.3. The van der Waals surface area contributed by atoms with E-state index in [0.29, 0.717) is 0 Å². The number of nitrogens with zero attached hydrogens (tertiary/aromatic N) is 2. The summed E-state index contributed by atoms with van der Waals surface area (Å²) in [6.07, 6.45) is 0. The summed E-state index contributed by atoms with van der Waals surface area (Å²) in [5, 5.41) is 4.72. The minimum Gasteiger partial charge on any atom is -0.456 e. The largest absolute Gasteiger partial charge is 0.456 e. The second-order valence-corrected chi connectivity index (χ2v) is 13.0. The summed E-state index contributed by atoms with van der Waals surface area (Å²) in [6, 6.07) is 69.2. The molecule has 2 aromatic heterocycles. The molecule has 0 atom stereocenters.